The fourth-order valence-corrected chi connectivity index (χ4v) is 2.74. The minimum Gasteiger partial charge on any atom is -0.382 e. The van der Waals surface area contributed by atoms with Crippen LogP contribution in [0.4, 0.5) is 13.2 Å². The Morgan fingerprint density at radius 3 is 2.36 bits per heavy atom. The summed E-state index contributed by atoms with van der Waals surface area (Å²) in [5.41, 5.74) is -3.36. The first-order chi connectivity index (χ1) is 10.0. The van der Waals surface area contributed by atoms with Gasteiger partial charge in [0.1, 0.15) is 5.54 Å². The summed E-state index contributed by atoms with van der Waals surface area (Å²) in [6, 6.07) is 0. The van der Waals surface area contributed by atoms with E-state index in [-0.39, 0.29) is 13.2 Å². The van der Waals surface area contributed by atoms with Crippen molar-refractivity contribution in [2.24, 2.45) is 5.41 Å². The molecular formula is C14H23F3N2O3. The molecule has 1 unspecified atom stereocenters. The number of nitrogens with zero attached hydrogens (tertiary/aromatic N) is 1. The van der Waals surface area contributed by atoms with Crippen molar-refractivity contribution < 1.29 is 27.5 Å². The molecule has 0 radical (unpaired) electrons. The van der Waals surface area contributed by atoms with Gasteiger partial charge in [-0.15, -0.1) is 0 Å². The summed E-state index contributed by atoms with van der Waals surface area (Å²) < 4.78 is 44.0. The number of likely N-dealkylation sites (N-methyl/N-ethyl adjacent to an activating group) is 1. The van der Waals surface area contributed by atoms with Gasteiger partial charge in [-0.3, -0.25) is 9.59 Å². The number of nitrogens with one attached hydrogen (secondary N) is 1. The average molecular weight is 324 g/mol. The van der Waals surface area contributed by atoms with Crippen LogP contribution in [-0.4, -0.2) is 55.7 Å². The molecule has 1 heterocycles. The van der Waals surface area contributed by atoms with Gasteiger partial charge in [0.15, 0.2) is 0 Å². The summed E-state index contributed by atoms with van der Waals surface area (Å²) in [7, 11) is 2.83. The third-order valence-electron chi connectivity index (χ3n) is 4.18. The number of carbonyl (C=O) groups is 2. The van der Waals surface area contributed by atoms with Crippen LogP contribution in [0.2, 0.25) is 0 Å². The number of methoxy groups -OCH3 is 1. The van der Waals surface area contributed by atoms with Crippen LogP contribution in [0.5, 0.6) is 0 Å². The molecule has 0 aromatic heterocycles. The van der Waals surface area contributed by atoms with E-state index in [4.69, 9.17) is 4.74 Å². The van der Waals surface area contributed by atoms with Gasteiger partial charge in [0.2, 0.25) is 11.8 Å². The molecule has 128 valence electrons. The lowest BCUT2D eigenvalue weighted by molar-refractivity contribution is -0.215. The van der Waals surface area contributed by atoms with Gasteiger partial charge >= 0.3 is 6.18 Å². The Balaban J connectivity index is 3.02. The van der Waals surface area contributed by atoms with Crippen molar-refractivity contribution in [2.45, 2.75) is 44.8 Å². The third-order valence-corrected chi connectivity index (χ3v) is 4.18. The number of alkyl halides is 3. The van der Waals surface area contributed by atoms with Crippen molar-refractivity contribution in [3.05, 3.63) is 0 Å². The smallest absolute Gasteiger partial charge is 0.382 e. The van der Waals surface area contributed by atoms with Gasteiger partial charge in [-0.1, -0.05) is 13.8 Å². The molecule has 0 bridgehead atoms. The van der Waals surface area contributed by atoms with Gasteiger partial charge in [-0.2, -0.15) is 13.2 Å². The van der Waals surface area contributed by atoms with Gasteiger partial charge in [0.25, 0.3) is 0 Å². The molecule has 1 rings (SSSR count). The van der Waals surface area contributed by atoms with E-state index < -0.39 is 35.4 Å². The number of hydrogen-bond acceptors (Lipinski definition) is 3. The van der Waals surface area contributed by atoms with Gasteiger partial charge in [0, 0.05) is 27.1 Å². The van der Waals surface area contributed by atoms with Crippen molar-refractivity contribution >= 4 is 11.8 Å². The van der Waals surface area contributed by atoms with E-state index in [1.807, 2.05) is 0 Å². The predicted octanol–water partition coefficient (Wildman–Crippen LogP) is 1.72. The lowest BCUT2D eigenvalue weighted by atomic mass is 9.87. The molecule has 0 aromatic rings. The van der Waals surface area contributed by atoms with Crippen molar-refractivity contribution in [3.63, 3.8) is 0 Å². The van der Waals surface area contributed by atoms with E-state index in [0.29, 0.717) is 12.8 Å². The largest absolute Gasteiger partial charge is 0.394 e. The molecule has 1 N–H and O–H groups in total. The minimum atomic E-state index is -4.49. The second-order valence-corrected chi connectivity index (χ2v) is 6.25. The first-order valence-corrected chi connectivity index (χ1v) is 7.10. The minimum absolute atomic E-state index is 0.0368. The van der Waals surface area contributed by atoms with Crippen molar-refractivity contribution in [2.75, 3.05) is 27.3 Å². The summed E-state index contributed by atoms with van der Waals surface area (Å²) in [5.74, 6) is -1.09. The van der Waals surface area contributed by atoms with Crippen molar-refractivity contribution in [1.82, 2.24) is 10.2 Å². The van der Waals surface area contributed by atoms with Crippen LogP contribution in [0.3, 0.4) is 0 Å². The van der Waals surface area contributed by atoms with E-state index in [1.165, 1.54) is 19.1 Å². The Morgan fingerprint density at radius 1 is 1.32 bits per heavy atom. The fraction of sp³-hybridized carbons (Fsp3) is 0.857. The van der Waals surface area contributed by atoms with Crippen LogP contribution in [0.15, 0.2) is 0 Å². The van der Waals surface area contributed by atoms with Crippen LogP contribution in [0.25, 0.3) is 0 Å². The van der Waals surface area contributed by atoms with E-state index in [1.54, 1.807) is 0 Å². The molecule has 1 atom stereocenters. The van der Waals surface area contributed by atoms with E-state index in [2.05, 4.69) is 5.32 Å². The number of carbonyl (C=O) groups excluding carboxylic acids is 2. The first kappa shape index (κ1) is 18.7. The first-order valence-electron chi connectivity index (χ1n) is 7.10. The average Bonchev–Trinajstić information content (AvgIpc) is 2.81. The standard InChI is InChI=1S/C14H23F3N2O3/c1-12(2,14(15,16)17)8-10(20)19-7-5-6-13(19,9-22-4)11(21)18-3/h5-9H2,1-4H3,(H,18,21). The maximum atomic E-state index is 13.0. The van der Waals surface area contributed by atoms with Gasteiger partial charge in [-0.05, 0) is 12.8 Å². The number of rotatable bonds is 5. The summed E-state index contributed by atoms with van der Waals surface area (Å²) >= 11 is 0. The van der Waals surface area contributed by atoms with Crippen LogP contribution in [0.1, 0.15) is 33.1 Å². The Bertz CT molecular complexity index is 438. The molecule has 0 spiro atoms. The Labute approximate surface area is 128 Å². The Kier molecular flexibility index (Phi) is 5.48. The second-order valence-electron chi connectivity index (χ2n) is 6.25. The summed E-state index contributed by atoms with van der Waals surface area (Å²) in [6.45, 7) is 2.19. The van der Waals surface area contributed by atoms with Crippen LogP contribution >= 0.6 is 0 Å². The molecule has 0 aromatic carbocycles. The van der Waals surface area contributed by atoms with Gasteiger partial charge in [0.05, 0.1) is 12.0 Å². The fourth-order valence-electron chi connectivity index (χ4n) is 2.74. The predicted molar refractivity (Wildman–Crippen MR) is 74.1 cm³/mol. The highest BCUT2D eigenvalue weighted by molar-refractivity contribution is 5.92. The molecule has 1 saturated heterocycles. The highest BCUT2D eigenvalue weighted by Gasteiger charge is 2.53. The zero-order chi connectivity index (χ0) is 17.2. The molecule has 5 nitrogen and oxygen atoms in total. The SMILES string of the molecule is CNC(=O)C1(COC)CCCN1C(=O)CC(C)(C)C(F)(F)F. The molecule has 0 aliphatic carbocycles. The number of amides is 2. The molecular weight excluding hydrogens is 301 g/mol. The van der Waals surface area contributed by atoms with Crippen LogP contribution in [-0.2, 0) is 14.3 Å². The zero-order valence-electron chi connectivity index (χ0n) is 13.3. The second kappa shape index (κ2) is 6.44. The summed E-state index contributed by atoms with van der Waals surface area (Å²) in [5, 5.41) is 2.48. The van der Waals surface area contributed by atoms with Crippen molar-refractivity contribution in [1.29, 1.82) is 0 Å². The monoisotopic (exact) mass is 324 g/mol. The van der Waals surface area contributed by atoms with Gasteiger partial charge < -0.3 is 15.0 Å². The molecule has 1 aliphatic heterocycles. The Hall–Kier alpha value is -1.31. The van der Waals surface area contributed by atoms with E-state index >= 15 is 0 Å². The lowest BCUT2D eigenvalue weighted by Gasteiger charge is -2.38. The number of ether oxygens (including phenoxy) is 1. The molecule has 2 amide bonds. The highest BCUT2D eigenvalue weighted by atomic mass is 19.4. The molecule has 8 heteroatoms. The number of likely N-dealkylation sites (tertiary alicyclic amines) is 1. The maximum absolute atomic E-state index is 13.0. The lowest BCUT2D eigenvalue weighted by Crippen LogP contribution is -2.60. The van der Waals surface area contributed by atoms with E-state index in [9.17, 15) is 22.8 Å². The highest BCUT2D eigenvalue weighted by Crippen LogP contribution is 2.42. The number of hydrogen-bond donors (Lipinski definition) is 1. The summed E-state index contributed by atoms with van der Waals surface area (Å²) in [6.07, 6.45) is -4.26. The van der Waals surface area contributed by atoms with Gasteiger partial charge in [-0.25, -0.2) is 0 Å². The van der Waals surface area contributed by atoms with Crippen LogP contribution < -0.4 is 5.32 Å². The molecule has 1 aliphatic rings. The Morgan fingerprint density at radius 2 is 1.91 bits per heavy atom. The maximum Gasteiger partial charge on any atom is 0.394 e. The quantitative estimate of drug-likeness (QED) is 0.838. The normalized spacial score (nSPS) is 22.8. The van der Waals surface area contributed by atoms with E-state index in [0.717, 1.165) is 13.8 Å². The number of halogens is 3. The molecule has 1 fully saturated rings. The third kappa shape index (κ3) is 3.37. The van der Waals surface area contributed by atoms with Crippen LogP contribution in [0, 0.1) is 5.41 Å². The zero-order valence-corrected chi connectivity index (χ0v) is 13.3. The molecule has 22 heavy (non-hydrogen) atoms. The summed E-state index contributed by atoms with van der Waals surface area (Å²) in [4.78, 5) is 25.8. The topological polar surface area (TPSA) is 58.6 Å². The van der Waals surface area contributed by atoms with Crippen molar-refractivity contribution in [3.8, 4) is 0 Å². The molecule has 0 saturated carbocycles.